The van der Waals surface area contributed by atoms with Gasteiger partial charge in [-0.25, -0.2) is 4.98 Å². The smallest absolute Gasteiger partial charge is 0.111 e. The highest BCUT2D eigenvalue weighted by Gasteiger charge is 1.98. The van der Waals surface area contributed by atoms with Gasteiger partial charge in [0, 0.05) is 5.56 Å². The average molecular weight is 203 g/mol. The minimum atomic E-state index is -0.0430. The summed E-state index contributed by atoms with van der Waals surface area (Å²) in [6.07, 6.45) is 1.53. The van der Waals surface area contributed by atoms with Crippen LogP contribution in [0.25, 0.3) is 0 Å². The zero-order valence-electron chi connectivity index (χ0n) is 5.21. The molecular formula is C6H7BrN2O. The third-order valence-corrected chi connectivity index (χ3v) is 1.82. The average Bonchev–Trinajstić information content (AvgIpc) is 1.94. The van der Waals surface area contributed by atoms with E-state index in [0.717, 1.165) is 0 Å². The number of pyridine rings is 1. The van der Waals surface area contributed by atoms with Crippen LogP contribution in [0, 0.1) is 0 Å². The number of rotatable bonds is 1. The van der Waals surface area contributed by atoms with Gasteiger partial charge < -0.3 is 10.8 Å². The van der Waals surface area contributed by atoms with Crippen LogP contribution in [-0.4, -0.2) is 10.1 Å². The lowest BCUT2D eigenvalue weighted by Crippen LogP contribution is -1.92. The second-order valence-electron chi connectivity index (χ2n) is 1.88. The molecule has 0 saturated carbocycles. The lowest BCUT2D eigenvalue weighted by Gasteiger charge is -1.99. The first-order valence-electron chi connectivity index (χ1n) is 2.75. The molecule has 3 N–H and O–H groups in total. The van der Waals surface area contributed by atoms with Gasteiger partial charge in [-0.1, -0.05) is 0 Å². The number of aliphatic hydroxyl groups is 1. The van der Waals surface area contributed by atoms with Gasteiger partial charge >= 0.3 is 0 Å². The topological polar surface area (TPSA) is 59.1 Å². The fraction of sp³-hybridized carbons (Fsp3) is 0.167. The molecule has 0 unspecified atom stereocenters. The summed E-state index contributed by atoms with van der Waals surface area (Å²) >= 11 is 3.16. The van der Waals surface area contributed by atoms with Crippen molar-refractivity contribution in [2.75, 3.05) is 5.73 Å². The van der Waals surface area contributed by atoms with Gasteiger partial charge in [-0.2, -0.15) is 0 Å². The van der Waals surface area contributed by atoms with Gasteiger partial charge in [-0.15, -0.1) is 0 Å². The molecule has 0 aliphatic heterocycles. The highest BCUT2D eigenvalue weighted by molar-refractivity contribution is 9.10. The molecule has 0 saturated heterocycles. The van der Waals surface area contributed by atoms with Crippen LogP contribution in [0.15, 0.2) is 16.9 Å². The number of aliphatic hydroxyl groups excluding tert-OH is 1. The Balaban J connectivity index is 3.09. The molecule has 10 heavy (non-hydrogen) atoms. The molecule has 0 amide bonds. The van der Waals surface area contributed by atoms with Crippen LogP contribution in [0.5, 0.6) is 0 Å². The lowest BCUT2D eigenvalue weighted by molar-refractivity contribution is 0.280. The maximum Gasteiger partial charge on any atom is 0.111 e. The van der Waals surface area contributed by atoms with E-state index in [1.807, 2.05) is 0 Å². The molecule has 0 aliphatic carbocycles. The summed E-state index contributed by atoms with van der Waals surface area (Å²) in [7, 11) is 0. The molecule has 1 aromatic heterocycles. The third-order valence-electron chi connectivity index (χ3n) is 1.10. The summed E-state index contributed by atoms with van der Waals surface area (Å²) < 4.78 is 0.643. The Hall–Kier alpha value is -0.610. The van der Waals surface area contributed by atoms with E-state index in [9.17, 15) is 0 Å². The van der Waals surface area contributed by atoms with Gasteiger partial charge in [0.1, 0.15) is 4.60 Å². The molecule has 1 heterocycles. The quantitative estimate of drug-likeness (QED) is 0.667. The van der Waals surface area contributed by atoms with Crippen LogP contribution in [0.2, 0.25) is 0 Å². The van der Waals surface area contributed by atoms with Crippen LogP contribution in [-0.2, 0) is 6.61 Å². The second-order valence-corrected chi connectivity index (χ2v) is 2.63. The molecule has 0 aromatic carbocycles. The summed E-state index contributed by atoms with van der Waals surface area (Å²) in [6.45, 7) is -0.0430. The normalized spacial score (nSPS) is 9.80. The number of hydrogen-bond donors (Lipinski definition) is 2. The van der Waals surface area contributed by atoms with Crippen molar-refractivity contribution < 1.29 is 5.11 Å². The van der Waals surface area contributed by atoms with Crippen molar-refractivity contribution in [2.45, 2.75) is 6.61 Å². The summed E-state index contributed by atoms with van der Waals surface area (Å²) in [5.74, 6) is 0. The van der Waals surface area contributed by atoms with Crippen LogP contribution < -0.4 is 5.73 Å². The number of nitrogens with zero attached hydrogens (tertiary/aromatic N) is 1. The van der Waals surface area contributed by atoms with E-state index >= 15 is 0 Å². The van der Waals surface area contributed by atoms with Crippen LogP contribution in [0.3, 0.4) is 0 Å². The first-order valence-corrected chi connectivity index (χ1v) is 3.54. The highest BCUT2D eigenvalue weighted by atomic mass is 79.9. The molecule has 54 valence electrons. The lowest BCUT2D eigenvalue weighted by atomic mass is 10.3. The van der Waals surface area contributed by atoms with Crippen molar-refractivity contribution >= 4 is 21.6 Å². The van der Waals surface area contributed by atoms with E-state index in [4.69, 9.17) is 10.8 Å². The van der Waals surface area contributed by atoms with Crippen LogP contribution >= 0.6 is 15.9 Å². The summed E-state index contributed by atoms with van der Waals surface area (Å²) in [5, 5.41) is 8.72. The second kappa shape index (κ2) is 2.98. The first kappa shape index (κ1) is 7.50. The van der Waals surface area contributed by atoms with Gasteiger partial charge in [0.2, 0.25) is 0 Å². The van der Waals surface area contributed by atoms with E-state index in [1.165, 1.54) is 6.20 Å². The number of aromatic nitrogens is 1. The maximum absolute atomic E-state index is 8.72. The summed E-state index contributed by atoms with van der Waals surface area (Å²) in [4.78, 5) is 3.88. The van der Waals surface area contributed by atoms with Crippen LogP contribution in [0.1, 0.15) is 5.56 Å². The van der Waals surface area contributed by atoms with E-state index in [2.05, 4.69) is 20.9 Å². The number of hydrogen-bond acceptors (Lipinski definition) is 3. The monoisotopic (exact) mass is 202 g/mol. The first-order chi connectivity index (χ1) is 4.74. The van der Waals surface area contributed by atoms with Gasteiger partial charge in [-0.05, 0) is 22.0 Å². The Morgan fingerprint density at radius 1 is 1.70 bits per heavy atom. The molecule has 0 fully saturated rings. The summed E-state index contributed by atoms with van der Waals surface area (Å²) in [5.41, 5.74) is 6.68. The SMILES string of the molecule is Nc1cnc(Br)c(CO)c1. The minimum absolute atomic E-state index is 0.0430. The van der Waals surface area contributed by atoms with Crippen LogP contribution in [0.4, 0.5) is 5.69 Å². The minimum Gasteiger partial charge on any atom is -0.397 e. The Labute approximate surface area is 67.0 Å². The summed E-state index contributed by atoms with van der Waals surface area (Å²) in [6, 6.07) is 1.68. The molecule has 0 aliphatic rings. The third kappa shape index (κ3) is 1.46. The highest BCUT2D eigenvalue weighted by Crippen LogP contribution is 2.15. The predicted octanol–water partition coefficient (Wildman–Crippen LogP) is 0.919. The van der Waals surface area contributed by atoms with Crippen molar-refractivity contribution in [3.63, 3.8) is 0 Å². The van der Waals surface area contributed by atoms with Crippen molar-refractivity contribution in [2.24, 2.45) is 0 Å². The molecule has 0 bridgehead atoms. The zero-order valence-corrected chi connectivity index (χ0v) is 6.80. The van der Waals surface area contributed by atoms with E-state index in [0.29, 0.717) is 15.9 Å². The van der Waals surface area contributed by atoms with Gasteiger partial charge in [0.05, 0.1) is 18.5 Å². The van der Waals surface area contributed by atoms with Crippen molar-refractivity contribution in [1.29, 1.82) is 0 Å². The zero-order chi connectivity index (χ0) is 7.56. The standard InChI is InChI=1S/C6H7BrN2O/c7-6-4(3-10)1-5(8)2-9-6/h1-2,10H,3,8H2. The molecule has 4 heteroatoms. The predicted molar refractivity (Wildman–Crippen MR) is 42.3 cm³/mol. The number of halogens is 1. The molecule has 3 nitrogen and oxygen atoms in total. The number of nitrogens with two attached hydrogens (primary N) is 1. The van der Waals surface area contributed by atoms with E-state index < -0.39 is 0 Å². The van der Waals surface area contributed by atoms with Crippen molar-refractivity contribution in [3.05, 3.63) is 22.4 Å². The van der Waals surface area contributed by atoms with Gasteiger partial charge in [0.15, 0.2) is 0 Å². The number of anilines is 1. The van der Waals surface area contributed by atoms with Gasteiger partial charge in [-0.3, -0.25) is 0 Å². The van der Waals surface area contributed by atoms with E-state index in [1.54, 1.807) is 6.07 Å². The fourth-order valence-electron chi connectivity index (χ4n) is 0.623. The van der Waals surface area contributed by atoms with Gasteiger partial charge in [0.25, 0.3) is 0 Å². The number of nitrogen functional groups attached to an aromatic ring is 1. The largest absolute Gasteiger partial charge is 0.397 e. The molecule has 0 radical (unpaired) electrons. The molecule has 0 atom stereocenters. The molecule has 1 aromatic rings. The molecule has 1 rings (SSSR count). The molecule has 0 spiro atoms. The maximum atomic E-state index is 8.72. The Morgan fingerprint density at radius 2 is 2.40 bits per heavy atom. The Kier molecular flexibility index (Phi) is 2.24. The Morgan fingerprint density at radius 3 is 2.90 bits per heavy atom. The Bertz CT molecular complexity index is 239. The van der Waals surface area contributed by atoms with Crippen molar-refractivity contribution in [1.82, 2.24) is 4.98 Å². The van der Waals surface area contributed by atoms with E-state index in [-0.39, 0.29) is 6.61 Å². The fourth-order valence-corrected chi connectivity index (χ4v) is 0.965. The molecular weight excluding hydrogens is 196 g/mol. The van der Waals surface area contributed by atoms with Crippen molar-refractivity contribution in [3.8, 4) is 0 Å².